The van der Waals surface area contributed by atoms with E-state index in [1.807, 2.05) is 6.92 Å². The standard InChI is InChI=1S/C19H17N3O5/c1-2-26-16-9-5-6-13(18(16)27-11-17(23)24)10-21-22-12-20-15-8-4-3-7-14(15)19(22)25/h3-10,12H,2,11H2,1H3,(H,23,24)/b21-10-. The molecule has 8 heteroatoms. The summed E-state index contributed by atoms with van der Waals surface area (Å²) in [5, 5.41) is 13.5. The van der Waals surface area contributed by atoms with Gasteiger partial charge in [-0.2, -0.15) is 9.78 Å². The highest BCUT2D eigenvalue weighted by atomic mass is 16.5. The number of nitrogens with zero attached hydrogens (tertiary/aromatic N) is 3. The summed E-state index contributed by atoms with van der Waals surface area (Å²) < 4.78 is 11.9. The third kappa shape index (κ3) is 4.12. The molecule has 0 saturated heterocycles. The highest BCUT2D eigenvalue weighted by molar-refractivity contribution is 5.85. The van der Waals surface area contributed by atoms with Gasteiger partial charge in [0.25, 0.3) is 5.56 Å². The fraction of sp³-hybridized carbons (Fsp3) is 0.158. The van der Waals surface area contributed by atoms with Crippen LogP contribution in [0.4, 0.5) is 0 Å². The first-order chi connectivity index (χ1) is 13.1. The van der Waals surface area contributed by atoms with Crippen molar-refractivity contribution in [2.45, 2.75) is 6.92 Å². The van der Waals surface area contributed by atoms with E-state index >= 15 is 0 Å². The molecule has 3 aromatic rings. The van der Waals surface area contributed by atoms with Gasteiger partial charge in [0.05, 0.1) is 23.7 Å². The van der Waals surface area contributed by atoms with E-state index < -0.39 is 12.6 Å². The van der Waals surface area contributed by atoms with Crippen molar-refractivity contribution in [2.75, 3.05) is 13.2 Å². The van der Waals surface area contributed by atoms with Gasteiger partial charge in [-0.1, -0.05) is 18.2 Å². The number of hydrogen-bond acceptors (Lipinski definition) is 6. The van der Waals surface area contributed by atoms with E-state index in [1.165, 1.54) is 12.5 Å². The molecular formula is C19H17N3O5. The van der Waals surface area contributed by atoms with Crippen LogP contribution in [-0.2, 0) is 4.79 Å². The molecule has 0 aliphatic rings. The fourth-order valence-electron chi connectivity index (χ4n) is 2.46. The van der Waals surface area contributed by atoms with Gasteiger partial charge in [0.1, 0.15) is 6.33 Å². The number of hydrogen-bond donors (Lipinski definition) is 1. The molecular weight excluding hydrogens is 350 g/mol. The lowest BCUT2D eigenvalue weighted by Crippen LogP contribution is -2.17. The molecule has 1 N–H and O–H groups in total. The molecule has 1 heterocycles. The van der Waals surface area contributed by atoms with Gasteiger partial charge in [0, 0.05) is 5.56 Å². The number of rotatable bonds is 7. The lowest BCUT2D eigenvalue weighted by Gasteiger charge is -2.12. The van der Waals surface area contributed by atoms with E-state index in [0.29, 0.717) is 28.8 Å². The molecule has 0 fully saturated rings. The van der Waals surface area contributed by atoms with Crippen molar-refractivity contribution in [3.8, 4) is 11.5 Å². The first-order valence-corrected chi connectivity index (χ1v) is 8.21. The molecule has 0 bridgehead atoms. The van der Waals surface area contributed by atoms with Gasteiger partial charge in [-0.15, -0.1) is 0 Å². The average Bonchev–Trinajstić information content (AvgIpc) is 2.67. The Balaban J connectivity index is 1.99. The van der Waals surface area contributed by atoms with Gasteiger partial charge in [-0.3, -0.25) is 4.79 Å². The SMILES string of the molecule is CCOc1cccc(/C=N\n2cnc3ccccc3c2=O)c1OCC(=O)O. The number of benzene rings is 2. The minimum absolute atomic E-state index is 0.243. The van der Waals surface area contributed by atoms with Crippen molar-refractivity contribution in [1.82, 2.24) is 9.66 Å². The Morgan fingerprint density at radius 3 is 2.81 bits per heavy atom. The maximum absolute atomic E-state index is 12.5. The van der Waals surface area contributed by atoms with Gasteiger partial charge in [0.15, 0.2) is 18.1 Å². The normalized spacial score (nSPS) is 11.0. The molecule has 0 unspecified atom stereocenters. The van der Waals surface area contributed by atoms with E-state index in [9.17, 15) is 9.59 Å². The van der Waals surface area contributed by atoms with Gasteiger partial charge in [-0.05, 0) is 31.2 Å². The summed E-state index contributed by atoms with van der Waals surface area (Å²) in [6.45, 7) is 1.67. The number of aliphatic carboxylic acids is 1. The summed E-state index contributed by atoms with van der Waals surface area (Å²) in [6, 6.07) is 12.0. The topological polar surface area (TPSA) is 103 Å². The summed E-state index contributed by atoms with van der Waals surface area (Å²) in [4.78, 5) is 27.5. The average molecular weight is 367 g/mol. The second-order valence-electron chi connectivity index (χ2n) is 5.45. The van der Waals surface area contributed by atoms with E-state index in [1.54, 1.807) is 42.5 Å². The molecule has 0 amide bonds. The number of carboxylic acid groups (broad SMARTS) is 1. The van der Waals surface area contributed by atoms with Crippen LogP contribution in [0.25, 0.3) is 10.9 Å². The third-order valence-electron chi connectivity index (χ3n) is 3.62. The Morgan fingerprint density at radius 2 is 2.04 bits per heavy atom. The van der Waals surface area contributed by atoms with Crippen molar-refractivity contribution in [3.05, 3.63) is 64.7 Å². The molecule has 0 spiro atoms. The lowest BCUT2D eigenvalue weighted by molar-refractivity contribution is -0.139. The first kappa shape index (κ1) is 18.1. The summed E-state index contributed by atoms with van der Waals surface area (Å²) >= 11 is 0. The minimum atomic E-state index is -1.11. The Labute approximate surface area is 154 Å². The molecule has 0 radical (unpaired) electrons. The second-order valence-corrected chi connectivity index (χ2v) is 5.45. The molecule has 0 aliphatic heterocycles. The van der Waals surface area contributed by atoms with Crippen molar-refractivity contribution >= 4 is 23.1 Å². The maximum Gasteiger partial charge on any atom is 0.341 e. The fourth-order valence-corrected chi connectivity index (χ4v) is 2.46. The number of ether oxygens (including phenoxy) is 2. The van der Waals surface area contributed by atoms with E-state index in [0.717, 1.165) is 4.68 Å². The smallest absolute Gasteiger partial charge is 0.341 e. The molecule has 0 atom stereocenters. The third-order valence-corrected chi connectivity index (χ3v) is 3.62. The van der Waals surface area contributed by atoms with Crippen molar-refractivity contribution in [3.63, 3.8) is 0 Å². The van der Waals surface area contributed by atoms with Crippen LogP contribution in [0.5, 0.6) is 11.5 Å². The molecule has 27 heavy (non-hydrogen) atoms. The molecule has 0 saturated carbocycles. The van der Waals surface area contributed by atoms with Crippen LogP contribution in [-0.4, -0.2) is 40.2 Å². The van der Waals surface area contributed by atoms with Crippen molar-refractivity contribution in [1.29, 1.82) is 0 Å². The van der Waals surface area contributed by atoms with Crippen LogP contribution in [0.1, 0.15) is 12.5 Å². The summed E-state index contributed by atoms with van der Waals surface area (Å²) in [5.74, 6) is -0.474. The summed E-state index contributed by atoms with van der Waals surface area (Å²) in [7, 11) is 0. The van der Waals surface area contributed by atoms with Crippen molar-refractivity contribution in [2.24, 2.45) is 5.10 Å². The quantitative estimate of drug-likeness (QED) is 0.642. The number of aromatic nitrogens is 2. The highest BCUT2D eigenvalue weighted by Gasteiger charge is 2.12. The van der Waals surface area contributed by atoms with Gasteiger partial charge in [0.2, 0.25) is 0 Å². The largest absolute Gasteiger partial charge is 0.490 e. The van der Waals surface area contributed by atoms with Crippen LogP contribution in [0.2, 0.25) is 0 Å². The van der Waals surface area contributed by atoms with E-state index in [4.69, 9.17) is 14.6 Å². The van der Waals surface area contributed by atoms with Gasteiger partial charge < -0.3 is 14.6 Å². The molecule has 1 aromatic heterocycles. The molecule has 2 aromatic carbocycles. The minimum Gasteiger partial charge on any atom is -0.490 e. The number of carbonyl (C=O) groups is 1. The molecule has 8 nitrogen and oxygen atoms in total. The summed E-state index contributed by atoms with van der Waals surface area (Å²) in [6.07, 6.45) is 2.73. The maximum atomic E-state index is 12.5. The first-order valence-electron chi connectivity index (χ1n) is 8.21. The van der Waals surface area contributed by atoms with Gasteiger partial charge in [-0.25, -0.2) is 9.78 Å². The Morgan fingerprint density at radius 1 is 1.22 bits per heavy atom. The Kier molecular flexibility index (Phi) is 5.46. The van der Waals surface area contributed by atoms with Crippen LogP contribution >= 0.6 is 0 Å². The predicted octanol–water partition coefficient (Wildman–Crippen LogP) is 2.14. The van der Waals surface area contributed by atoms with Crippen LogP contribution < -0.4 is 15.0 Å². The second kappa shape index (κ2) is 8.13. The van der Waals surface area contributed by atoms with Gasteiger partial charge >= 0.3 is 5.97 Å². The van der Waals surface area contributed by atoms with Crippen molar-refractivity contribution < 1.29 is 19.4 Å². The molecule has 3 rings (SSSR count). The van der Waals surface area contributed by atoms with E-state index in [2.05, 4.69) is 10.1 Å². The number of fused-ring (bicyclic) bond motifs is 1. The molecule has 0 aliphatic carbocycles. The molecule has 138 valence electrons. The Hall–Kier alpha value is -3.68. The zero-order chi connectivity index (χ0) is 19.2. The van der Waals surface area contributed by atoms with Crippen LogP contribution in [0.15, 0.2) is 58.7 Å². The number of para-hydroxylation sites is 2. The van der Waals surface area contributed by atoms with Crippen LogP contribution in [0, 0.1) is 0 Å². The van der Waals surface area contributed by atoms with Crippen LogP contribution in [0.3, 0.4) is 0 Å². The Bertz CT molecular complexity index is 1060. The zero-order valence-corrected chi connectivity index (χ0v) is 14.5. The van der Waals surface area contributed by atoms with E-state index in [-0.39, 0.29) is 11.3 Å². The summed E-state index contributed by atoms with van der Waals surface area (Å²) in [5.41, 5.74) is 0.742. The zero-order valence-electron chi connectivity index (χ0n) is 14.5. The number of carboxylic acids is 1. The monoisotopic (exact) mass is 367 g/mol. The lowest BCUT2D eigenvalue weighted by atomic mass is 10.2. The predicted molar refractivity (Wildman–Crippen MR) is 99.7 cm³/mol. The highest BCUT2D eigenvalue weighted by Crippen LogP contribution is 2.30.